The van der Waals surface area contributed by atoms with Gasteiger partial charge in [-0.2, -0.15) is 0 Å². The zero-order valence-corrected chi connectivity index (χ0v) is 20.6. The molecule has 0 aromatic rings. The lowest BCUT2D eigenvalue weighted by molar-refractivity contribution is 0.0225. The molecule has 4 aliphatic carbocycles. The van der Waals surface area contributed by atoms with E-state index >= 15 is 0 Å². The molecule has 1 fully saturated rings. The summed E-state index contributed by atoms with van der Waals surface area (Å²) in [6, 6.07) is 0. The summed E-state index contributed by atoms with van der Waals surface area (Å²) in [7, 11) is 0. The third-order valence-corrected chi connectivity index (χ3v) is 10.2. The van der Waals surface area contributed by atoms with Gasteiger partial charge in [0.1, 0.15) is 0 Å². The molecule has 0 aromatic carbocycles. The fourth-order valence-corrected chi connectivity index (χ4v) is 8.09. The molecule has 0 aliphatic heterocycles. The van der Waals surface area contributed by atoms with Gasteiger partial charge >= 0.3 is 0 Å². The summed E-state index contributed by atoms with van der Waals surface area (Å²) in [5.41, 5.74) is 7.71. The van der Waals surface area contributed by atoms with Crippen molar-refractivity contribution in [2.24, 2.45) is 34.5 Å². The predicted molar refractivity (Wildman–Crippen MR) is 128 cm³/mol. The van der Waals surface area contributed by atoms with Crippen LogP contribution in [0.1, 0.15) is 106 Å². The monoisotopic (exact) mass is 410 g/mol. The van der Waals surface area contributed by atoms with Crippen molar-refractivity contribution in [1.82, 2.24) is 0 Å². The number of aliphatic hydroxyl groups is 1. The summed E-state index contributed by atoms with van der Waals surface area (Å²) in [6.07, 6.45) is 17.3. The molecule has 1 heteroatoms. The van der Waals surface area contributed by atoms with Gasteiger partial charge in [0.15, 0.2) is 0 Å². The van der Waals surface area contributed by atoms with Crippen LogP contribution in [0.5, 0.6) is 0 Å². The first-order valence-corrected chi connectivity index (χ1v) is 13.0. The number of aliphatic hydroxyl groups excluding tert-OH is 1. The van der Waals surface area contributed by atoms with E-state index in [2.05, 4.69) is 53.7 Å². The van der Waals surface area contributed by atoms with Crippen LogP contribution in [-0.4, -0.2) is 11.2 Å². The van der Waals surface area contributed by atoms with E-state index < -0.39 is 0 Å². The number of fused-ring (bicyclic) bond motifs is 4. The van der Waals surface area contributed by atoms with Crippen molar-refractivity contribution in [3.8, 4) is 0 Å². The average molecular weight is 411 g/mol. The Morgan fingerprint density at radius 1 is 1.13 bits per heavy atom. The summed E-state index contributed by atoms with van der Waals surface area (Å²) < 4.78 is 0. The highest BCUT2D eigenvalue weighted by molar-refractivity contribution is 5.49. The summed E-state index contributed by atoms with van der Waals surface area (Å²) >= 11 is 0. The van der Waals surface area contributed by atoms with Crippen molar-refractivity contribution in [2.75, 3.05) is 0 Å². The van der Waals surface area contributed by atoms with Gasteiger partial charge in [0.2, 0.25) is 0 Å². The van der Waals surface area contributed by atoms with Crippen LogP contribution in [0.15, 0.2) is 34.4 Å². The number of rotatable bonds is 5. The van der Waals surface area contributed by atoms with E-state index in [0.29, 0.717) is 22.7 Å². The van der Waals surface area contributed by atoms with E-state index in [1.54, 1.807) is 22.3 Å². The van der Waals surface area contributed by atoms with Crippen LogP contribution in [0.2, 0.25) is 0 Å². The van der Waals surface area contributed by atoms with Crippen molar-refractivity contribution < 1.29 is 5.11 Å². The molecule has 1 N–H and O–H groups in total. The molecule has 0 radical (unpaired) electrons. The van der Waals surface area contributed by atoms with Gasteiger partial charge in [-0.1, -0.05) is 57.9 Å². The van der Waals surface area contributed by atoms with E-state index in [1.807, 2.05) is 0 Å². The van der Waals surface area contributed by atoms with E-state index in [-0.39, 0.29) is 6.10 Å². The second-order valence-corrected chi connectivity index (χ2v) is 12.0. The van der Waals surface area contributed by atoms with Crippen LogP contribution in [0, 0.1) is 34.5 Å². The Morgan fingerprint density at radius 3 is 2.60 bits per heavy atom. The zero-order chi connectivity index (χ0) is 21.7. The summed E-state index contributed by atoms with van der Waals surface area (Å²) in [5, 5.41) is 10.3. The highest BCUT2D eigenvalue weighted by Gasteiger charge is 2.52. The first-order valence-electron chi connectivity index (χ1n) is 13.0. The summed E-state index contributed by atoms with van der Waals surface area (Å²) in [6.45, 7) is 14.6. The Morgan fingerprint density at radius 2 is 1.90 bits per heavy atom. The van der Waals surface area contributed by atoms with Crippen LogP contribution in [-0.2, 0) is 0 Å². The molecule has 0 aromatic heterocycles. The third kappa shape index (κ3) is 3.58. The molecule has 0 amide bonds. The minimum atomic E-state index is -0.0529. The van der Waals surface area contributed by atoms with Crippen LogP contribution in [0.3, 0.4) is 0 Å². The summed E-state index contributed by atoms with van der Waals surface area (Å²) in [4.78, 5) is 0. The predicted octanol–water partition coefficient (Wildman–Crippen LogP) is 8.01. The summed E-state index contributed by atoms with van der Waals surface area (Å²) in [5.74, 6) is 2.99. The standard InChI is InChI=1S/C29H46O/c1-7-21(19(2)3)9-8-20(4)25-12-13-26-24-11-10-22-18-23(30)14-16-28(22,5)27(24)15-17-29(25,26)6/h7,13,19-20,22-23,25,30H,8-12,14-18H2,1-6H3/b21-7-/t20?,22?,23-,25?,28?,29?/m0/s1. The Hall–Kier alpha value is -0.820. The average Bonchev–Trinajstić information content (AvgIpc) is 3.06. The lowest BCUT2D eigenvalue weighted by Gasteiger charge is -2.54. The fourth-order valence-electron chi connectivity index (χ4n) is 8.09. The highest BCUT2D eigenvalue weighted by Crippen LogP contribution is 2.64. The Balaban J connectivity index is 1.53. The van der Waals surface area contributed by atoms with Crippen molar-refractivity contribution in [2.45, 2.75) is 112 Å². The molecule has 6 atom stereocenters. The SMILES string of the molecule is C/C=C(/CCC(C)C1CC=C2C3=C(CCC21C)C1(C)CC[C@H](O)CC1CC3)C(C)C. The van der Waals surface area contributed by atoms with Crippen LogP contribution in [0.4, 0.5) is 0 Å². The number of hydrogen-bond acceptors (Lipinski definition) is 1. The molecule has 4 rings (SSSR count). The van der Waals surface area contributed by atoms with Crippen LogP contribution >= 0.6 is 0 Å². The molecular formula is C29H46O. The van der Waals surface area contributed by atoms with E-state index in [9.17, 15) is 5.11 Å². The molecule has 0 spiro atoms. The van der Waals surface area contributed by atoms with Gasteiger partial charge in [-0.25, -0.2) is 0 Å². The maximum absolute atomic E-state index is 10.3. The van der Waals surface area contributed by atoms with Gasteiger partial charge in [-0.3, -0.25) is 0 Å². The lowest BCUT2D eigenvalue weighted by Crippen LogP contribution is -2.44. The molecule has 1 nitrogen and oxygen atoms in total. The fraction of sp³-hybridized carbons (Fsp3) is 0.793. The van der Waals surface area contributed by atoms with Gasteiger partial charge in [0, 0.05) is 0 Å². The van der Waals surface area contributed by atoms with Gasteiger partial charge in [0.05, 0.1) is 6.10 Å². The van der Waals surface area contributed by atoms with Crippen LogP contribution < -0.4 is 0 Å². The largest absolute Gasteiger partial charge is 0.393 e. The number of hydrogen-bond donors (Lipinski definition) is 1. The Bertz CT molecular complexity index is 752. The van der Waals surface area contributed by atoms with E-state index in [4.69, 9.17) is 0 Å². The molecule has 4 aliphatic rings. The first-order chi connectivity index (χ1) is 14.2. The second-order valence-electron chi connectivity index (χ2n) is 12.0. The Labute approximate surface area is 186 Å². The maximum Gasteiger partial charge on any atom is 0.0543 e. The first kappa shape index (κ1) is 22.4. The highest BCUT2D eigenvalue weighted by atomic mass is 16.3. The van der Waals surface area contributed by atoms with E-state index in [0.717, 1.165) is 24.7 Å². The molecule has 0 heterocycles. The molecular weight excluding hydrogens is 364 g/mol. The molecule has 1 saturated carbocycles. The van der Waals surface area contributed by atoms with E-state index in [1.165, 1.54) is 51.4 Å². The van der Waals surface area contributed by atoms with Gasteiger partial charge < -0.3 is 5.11 Å². The third-order valence-electron chi connectivity index (χ3n) is 10.2. The van der Waals surface area contributed by atoms with Crippen molar-refractivity contribution in [1.29, 1.82) is 0 Å². The molecule has 30 heavy (non-hydrogen) atoms. The van der Waals surface area contributed by atoms with Gasteiger partial charge in [-0.05, 0) is 117 Å². The Kier molecular flexibility index (Phi) is 6.17. The minimum absolute atomic E-state index is 0.0529. The van der Waals surface area contributed by atoms with Gasteiger partial charge in [0.25, 0.3) is 0 Å². The number of allylic oxidation sites excluding steroid dienone is 6. The second kappa shape index (κ2) is 8.27. The zero-order valence-electron chi connectivity index (χ0n) is 20.6. The maximum atomic E-state index is 10.3. The molecule has 0 saturated heterocycles. The van der Waals surface area contributed by atoms with Crippen molar-refractivity contribution in [3.63, 3.8) is 0 Å². The normalized spacial score (nSPS) is 40.1. The van der Waals surface area contributed by atoms with Gasteiger partial charge in [-0.15, -0.1) is 0 Å². The van der Waals surface area contributed by atoms with Crippen LogP contribution in [0.25, 0.3) is 0 Å². The van der Waals surface area contributed by atoms with Crippen molar-refractivity contribution >= 4 is 0 Å². The minimum Gasteiger partial charge on any atom is -0.393 e. The lowest BCUT2D eigenvalue weighted by atomic mass is 9.51. The topological polar surface area (TPSA) is 20.2 Å². The smallest absolute Gasteiger partial charge is 0.0543 e. The molecule has 0 bridgehead atoms. The quantitative estimate of drug-likeness (QED) is 0.455. The molecule has 5 unspecified atom stereocenters. The molecule has 168 valence electrons. The van der Waals surface area contributed by atoms with Crippen molar-refractivity contribution in [3.05, 3.63) is 34.4 Å².